The van der Waals surface area contributed by atoms with E-state index in [-0.39, 0.29) is 29.5 Å². The van der Waals surface area contributed by atoms with Crippen LogP contribution < -0.4 is 19.9 Å². The van der Waals surface area contributed by atoms with Crippen molar-refractivity contribution in [1.29, 1.82) is 0 Å². The number of halogens is 1. The quantitative estimate of drug-likeness (QED) is 0.378. The number of aromatic nitrogens is 2. The molecule has 2 bridgehead atoms. The molecule has 0 spiro atoms. The Bertz CT molecular complexity index is 1720. The molecule has 4 saturated heterocycles. The maximum Gasteiger partial charge on any atom is 0.407 e. The van der Waals surface area contributed by atoms with Gasteiger partial charge in [-0.3, -0.25) is 9.80 Å². The molecule has 12 nitrogen and oxygen atoms in total. The molecule has 2 N–H and O–H groups in total. The monoisotopic (exact) mass is 659 g/mol. The molecule has 254 valence electrons. The predicted molar refractivity (Wildman–Crippen MR) is 177 cm³/mol. The van der Waals surface area contributed by atoms with Crippen molar-refractivity contribution < 1.29 is 28.6 Å². The van der Waals surface area contributed by atoms with Gasteiger partial charge in [0, 0.05) is 49.4 Å². The molecule has 6 heterocycles. The minimum atomic E-state index is -0.857. The lowest BCUT2D eigenvalue weighted by Crippen LogP contribution is -2.56. The van der Waals surface area contributed by atoms with E-state index in [1.54, 1.807) is 18.0 Å². The van der Waals surface area contributed by atoms with Crippen molar-refractivity contribution in [2.45, 2.75) is 75.2 Å². The summed E-state index contributed by atoms with van der Waals surface area (Å²) in [5.74, 6) is 0.578. The van der Waals surface area contributed by atoms with Crippen LogP contribution in [0, 0.1) is 5.82 Å². The van der Waals surface area contributed by atoms with Gasteiger partial charge in [-0.1, -0.05) is 24.3 Å². The van der Waals surface area contributed by atoms with Crippen LogP contribution in [0.25, 0.3) is 10.8 Å². The van der Waals surface area contributed by atoms with Gasteiger partial charge < -0.3 is 29.7 Å². The molecule has 48 heavy (non-hydrogen) atoms. The summed E-state index contributed by atoms with van der Waals surface area (Å²) in [5, 5.41) is 13.9. The Morgan fingerprint density at radius 3 is 2.60 bits per heavy atom. The van der Waals surface area contributed by atoms with Gasteiger partial charge in [0.25, 0.3) is 0 Å². The van der Waals surface area contributed by atoms with E-state index in [1.165, 1.54) is 6.07 Å². The first-order chi connectivity index (χ1) is 23.3. The van der Waals surface area contributed by atoms with Crippen LogP contribution in [-0.4, -0.2) is 107 Å². The highest BCUT2D eigenvalue weighted by atomic mass is 19.1. The Balaban J connectivity index is 1.09. The summed E-state index contributed by atoms with van der Waals surface area (Å²) in [7, 11) is 1.56. The summed E-state index contributed by atoms with van der Waals surface area (Å²) in [5.41, 5.74) is 2.57. The first kappa shape index (κ1) is 30.9. The molecule has 1 aromatic heterocycles. The molecule has 0 saturated carbocycles. The number of piperazine rings is 1. The maximum absolute atomic E-state index is 15.2. The van der Waals surface area contributed by atoms with Gasteiger partial charge in [-0.15, -0.1) is 0 Å². The number of alkyl carbamates (subject to hydrolysis) is 1. The van der Waals surface area contributed by atoms with Gasteiger partial charge in [-0.25, -0.2) is 14.0 Å². The molecular formula is C35H42FN7O5. The zero-order valence-corrected chi connectivity index (χ0v) is 27.2. The Morgan fingerprint density at radius 2 is 1.83 bits per heavy atom. The summed E-state index contributed by atoms with van der Waals surface area (Å²) >= 11 is 0. The number of ether oxygens (including phenoxy) is 2. The van der Waals surface area contributed by atoms with Crippen LogP contribution in [-0.2, 0) is 17.7 Å². The van der Waals surface area contributed by atoms with Crippen LogP contribution in [0.4, 0.5) is 25.5 Å². The number of carbonyl (C=O) groups is 2. The number of nitrogens with zero attached hydrogens (tertiary/aromatic N) is 6. The van der Waals surface area contributed by atoms with Crippen LogP contribution in [0.3, 0.4) is 0 Å². The van der Waals surface area contributed by atoms with Gasteiger partial charge in [-0.2, -0.15) is 9.97 Å². The molecule has 4 atom stereocenters. The highest BCUT2D eigenvalue weighted by Gasteiger charge is 2.50. The average Bonchev–Trinajstić information content (AvgIpc) is 3.75. The Labute approximate surface area is 278 Å². The van der Waals surface area contributed by atoms with Crippen LogP contribution in [0.15, 0.2) is 36.4 Å². The number of anilines is 2. The molecule has 8 rings (SSSR count). The lowest BCUT2D eigenvalue weighted by atomic mass is 9.95. The van der Waals surface area contributed by atoms with Crippen molar-refractivity contribution in [3.05, 3.63) is 53.5 Å². The number of hydrogen-bond donors (Lipinski definition) is 2. The number of fused-ring (bicyclic) bond motifs is 5. The van der Waals surface area contributed by atoms with Crippen LogP contribution in [0.1, 0.15) is 49.8 Å². The van der Waals surface area contributed by atoms with E-state index in [0.717, 1.165) is 73.2 Å². The molecule has 2 unspecified atom stereocenters. The molecule has 2 amide bonds. The number of amides is 2. The van der Waals surface area contributed by atoms with Gasteiger partial charge in [0.15, 0.2) is 0 Å². The Morgan fingerprint density at radius 1 is 1.04 bits per heavy atom. The summed E-state index contributed by atoms with van der Waals surface area (Å²) in [6.45, 7) is 4.01. The van der Waals surface area contributed by atoms with Crippen molar-refractivity contribution >= 4 is 34.5 Å². The Kier molecular flexibility index (Phi) is 7.89. The number of rotatable bonds is 7. The molecule has 2 aromatic carbocycles. The fourth-order valence-electron chi connectivity index (χ4n) is 9.08. The smallest absolute Gasteiger partial charge is 0.407 e. The largest absolute Gasteiger partial charge is 0.465 e. The lowest BCUT2D eigenvalue weighted by molar-refractivity contribution is 0.0553. The second kappa shape index (κ2) is 12.2. The number of hydrogen-bond acceptors (Lipinski definition) is 9. The van der Waals surface area contributed by atoms with Gasteiger partial charge in [0.2, 0.25) is 0 Å². The topological polar surface area (TPSA) is 124 Å². The summed E-state index contributed by atoms with van der Waals surface area (Å²) in [4.78, 5) is 42.4. The molecule has 5 aliphatic heterocycles. The highest BCUT2D eigenvalue weighted by Crippen LogP contribution is 2.43. The molecule has 5 aliphatic rings. The van der Waals surface area contributed by atoms with Crippen molar-refractivity contribution in [2.24, 2.45) is 0 Å². The molecule has 4 fully saturated rings. The van der Waals surface area contributed by atoms with Gasteiger partial charge >= 0.3 is 18.2 Å². The van der Waals surface area contributed by atoms with E-state index < -0.39 is 12.2 Å². The number of benzene rings is 2. The van der Waals surface area contributed by atoms with Gasteiger partial charge in [-0.05, 0) is 69.0 Å². The summed E-state index contributed by atoms with van der Waals surface area (Å²) in [6.07, 6.45) is 4.97. The van der Waals surface area contributed by atoms with E-state index in [1.807, 2.05) is 24.3 Å². The SMILES string of the molecule is CNC(=O)OCC1CCC2(COc3nc4c(c(N5C[C@H]6CC[C@@H](C5)N6C(=O)O)n3)CCN(c3cccc5cccc(F)c35)C4)CCCN12. The van der Waals surface area contributed by atoms with Gasteiger partial charge in [0.05, 0.1) is 29.9 Å². The van der Waals surface area contributed by atoms with Crippen molar-refractivity contribution in [1.82, 2.24) is 25.1 Å². The van der Waals surface area contributed by atoms with Crippen molar-refractivity contribution in [3.8, 4) is 6.01 Å². The standard InChI is InChI=1S/C35H42FN7O5/c1-37-33(44)47-20-25-11-14-35(13-4-15-42(25)35)21-48-32-38-28-19-40(29-8-3-6-22-5-2-7-27(36)30(22)29)16-12-26(28)31(39-32)41-17-23-9-10-24(18-41)43(23)34(45)46/h2-3,5-8,23-25H,4,9-21H2,1H3,(H,37,44)(H,45,46)/t23-,24+,25?,35?. The molecule has 3 aromatic rings. The molecule has 13 heteroatoms. The molecule has 0 aliphatic carbocycles. The molecular weight excluding hydrogens is 617 g/mol. The van der Waals surface area contributed by atoms with E-state index in [0.29, 0.717) is 57.2 Å². The molecule has 0 radical (unpaired) electrons. The normalized spacial score (nSPS) is 26.5. The zero-order valence-electron chi connectivity index (χ0n) is 27.2. The van der Waals surface area contributed by atoms with E-state index in [2.05, 4.69) is 20.0 Å². The van der Waals surface area contributed by atoms with Crippen LogP contribution >= 0.6 is 0 Å². The second-order valence-corrected chi connectivity index (χ2v) is 13.9. The number of carbonyl (C=O) groups excluding carboxylic acids is 1. The third kappa shape index (κ3) is 5.32. The highest BCUT2D eigenvalue weighted by molar-refractivity contribution is 5.95. The van der Waals surface area contributed by atoms with Crippen LogP contribution in [0.5, 0.6) is 6.01 Å². The summed E-state index contributed by atoms with van der Waals surface area (Å²) < 4.78 is 27.2. The van der Waals surface area contributed by atoms with Crippen molar-refractivity contribution in [2.75, 3.05) is 56.2 Å². The minimum Gasteiger partial charge on any atom is -0.465 e. The second-order valence-electron chi connectivity index (χ2n) is 13.9. The summed E-state index contributed by atoms with van der Waals surface area (Å²) in [6, 6.07) is 11.3. The van der Waals surface area contributed by atoms with Crippen LogP contribution in [0.2, 0.25) is 0 Å². The number of nitrogens with one attached hydrogen (secondary N) is 1. The lowest BCUT2D eigenvalue weighted by Gasteiger charge is -2.41. The fraction of sp³-hybridized carbons (Fsp3) is 0.543. The fourth-order valence-corrected chi connectivity index (χ4v) is 9.08. The zero-order chi connectivity index (χ0) is 33.0. The first-order valence-electron chi connectivity index (χ1n) is 17.2. The van der Waals surface area contributed by atoms with E-state index >= 15 is 4.39 Å². The third-order valence-electron chi connectivity index (χ3n) is 11.3. The first-order valence-corrected chi connectivity index (χ1v) is 17.2. The van der Waals surface area contributed by atoms with E-state index in [9.17, 15) is 14.7 Å². The minimum absolute atomic E-state index is 0.0756. The predicted octanol–water partition coefficient (Wildman–Crippen LogP) is 4.39. The average molecular weight is 660 g/mol. The Hall–Kier alpha value is -4.39. The van der Waals surface area contributed by atoms with Crippen molar-refractivity contribution in [3.63, 3.8) is 0 Å². The maximum atomic E-state index is 15.2. The third-order valence-corrected chi connectivity index (χ3v) is 11.3. The number of carboxylic acid groups (broad SMARTS) is 1. The van der Waals surface area contributed by atoms with Gasteiger partial charge in [0.1, 0.15) is 24.8 Å². The van der Waals surface area contributed by atoms with E-state index in [4.69, 9.17) is 19.4 Å².